The van der Waals surface area contributed by atoms with Crippen molar-refractivity contribution in [1.82, 2.24) is 24.7 Å². The number of hydrogen-bond acceptors (Lipinski definition) is 12. The van der Waals surface area contributed by atoms with Crippen LogP contribution in [0.1, 0.15) is 62.7 Å². The molecule has 4 rings (SSSR count). The van der Waals surface area contributed by atoms with Crippen molar-refractivity contribution in [2.45, 2.75) is 85.0 Å². The normalized spacial score (nSPS) is 12.4. The van der Waals surface area contributed by atoms with Gasteiger partial charge in [0, 0.05) is 23.7 Å². The summed E-state index contributed by atoms with van der Waals surface area (Å²) in [6.45, 7) is 17.0. The highest BCUT2D eigenvalue weighted by atomic mass is 35.5. The lowest BCUT2D eigenvalue weighted by atomic mass is 10.1. The maximum atomic E-state index is 13.3. The minimum Gasteiger partial charge on any atom is -0.496 e. The number of carbonyl (C=O) groups is 2. The van der Waals surface area contributed by atoms with E-state index >= 15 is 0 Å². The van der Waals surface area contributed by atoms with Crippen molar-refractivity contribution in [2.75, 3.05) is 12.0 Å². The molecule has 0 saturated heterocycles. The number of pyridine rings is 1. The molecule has 49 heavy (non-hydrogen) atoms. The fraction of sp³-hybridized carbons (Fsp3) is 0.394. The van der Waals surface area contributed by atoms with E-state index in [4.69, 9.17) is 35.1 Å². The summed E-state index contributed by atoms with van der Waals surface area (Å²) in [4.78, 5) is 40.3. The first-order valence-electron chi connectivity index (χ1n) is 15.1. The number of amides is 2. The Morgan fingerprint density at radius 1 is 1.06 bits per heavy atom. The molecule has 1 aromatic carbocycles. The molecule has 1 unspecified atom stereocenters. The SMILES string of the molecule is C=C(C)OC(=O)N(C(=O)OC(C)(C)C)c1nc(Cl)c2c(CC(C)OS(=O)(=O)c3ccc(C)cc3)nn(Cc3ncc(C)c(OC)c3C)c2n1. The van der Waals surface area contributed by atoms with Gasteiger partial charge in [-0.1, -0.05) is 35.9 Å². The number of fused-ring (bicyclic) bond motifs is 1. The molecule has 0 aliphatic carbocycles. The van der Waals surface area contributed by atoms with Gasteiger partial charge >= 0.3 is 12.2 Å². The lowest BCUT2D eigenvalue weighted by Gasteiger charge is -2.24. The molecule has 0 aliphatic heterocycles. The van der Waals surface area contributed by atoms with Crippen LogP contribution in [0.4, 0.5) is 15.5 Å². The molecule has 0 fully saturated rings. The van der Waals surface area contributed by atoms with Crippen LogP contribution in [0.2, 0.25) is 5.15 Å². The molecule has 0 spiro atoms. The predicted molar refractivity (Wildman–Crippen MR) is 182 cm³/mol. The van der Waals surface area contributed by atoms with Crippen LogP contribution in [0, 0.1) is 20.8 Å². The first kappa shape index (κ1) is 37.2. The second kappa shape index (κ2) is 14.5. The first-order valence-corrected chi connectivity index (χ1v) is 16.9. The Bertz CT molecular complexity index is 2020. The van der Waals surface area contributed by atoms with E-state index in [2.05, 4.69) is 21.5 Å². The number of halogens is 1. The molecule has 262 valence electrons. The van der Waals surface area contributed by atoms with Gasteiger partial charge in [-0.05, 0) is 67.5 Å². The molecular weight excluding hydrogens is 676 g/mol. The molecule has 0 bridgehead atoms. The van der Waals surface area contributed by atoms with Gasteiger partial charge in [0.2, 0.25) is 5.95 Å². The van der Waals surface area contributed by atoms with Gasteiger partial charge in [-0.3, -0.25) is 9.17 Å². The van der Waals surface area contributed by atoms with Gasteiger partial charge in [-0.25, -0.2) is 14.3 Å². The highest BCUT2D eigenvalue weighted by molar-refractivity contribution is 7.86. The predicted octanol–water partition coefficient (Wildman–Crippen LogP) is 6.61. The molecule has 4 aromatic rings. The van der Waals surface area contributed by atoms with Crippen LogP contribution in [-0.2, 0) is 36.7 Å². The summed E-state index contributed by atoms with van der Waals surface area (Å²) in [5.41, 5.74) is 2.45. The monoisotopic (exact) mass is 714 g/mol. The smallest absolute Gasteiger partial charge is 0.431 e. The third-order valence-corrected chi connectivity index (χ3v) is 8.66. The molecule has 3 heterocycles. The zero-order chi connectivity index (χ0) is 36.4. The number of rotatable bonds is 10. The van der Waals surface area contributed by atoms with Gasteiger partial charge in [-0.15, -0.1) is 4.90 Å². The largest absolute Gasteiger partial charge is 0.496 e. The standard InChI is InChI=1S/C33H39ClN6O8S/c1-18(2)46-31(41)40(32(42)47-33(7,8)9)30-36-28(34)26-24(15-21(5)48-49(43,44)23-13-11-19(3)12-14-23)38-39(29(26)37-30)17-25-22(6)27(45-10)20(4)16-35-25/h11-14,16,21H,1,15,17H2,2-10H3. The zero-order valence-electron chi connectivity index (χ0n) is 28.8. The average molecular weight is 715 g/mol. The molecule has 3 aromatic heterocycles. The van der Waals surface area contributed by atoms with E-state index < -0.39 is 40.0 Å². The lowest BCUT2D eigenvalue weighted by molar-refractivity contribution is 0.0575. The molecule has 2 amide bonds. The molecule has 1 atom stereocenters. The summed E-state index contributed by atoms with van der Waals surface area (Å²) in [5.74, 6) is 0.183. The molecule has 0 N–H and O–H groups in total. The first-order chi connectivity index (χ1) is 22.8. The van der Waals surface area contributed by atoms with Crippen LogP contribution >= 0.6 is 11.6 Å². The second-order valence-corrected chi connectivity index (χ2v) is 14.4. The highest BCUT2D eigenvalue weighted by Crippen LogP contribution is 2.31. The van der Waals surface area contributed by atoms with Crippen LogP contribution in [0.3, 0.4) is 0 Å². The lowest BCUT2D eigenvalue weighted by Crippen LogP contribution is -2.42. The van der Waals surface area contributed by atoms with E-state index in [0.29, 0.717) is 22.0 Å². The van der Waals surface area contributed by atoms with E-state index in [0.717, 1.165) is 16.7 Å². The van der Waals surface area contributed by atoms with Crippen LogP contribution in [-0.4, -0.2) is 64.2 Å². The fourth-order valence-electron chi connectivity index (χ4n) is 4.84. The van der Waals surface area contributed by atoms with Gasteiger partial charge in [0.1, 0.15) is 16.5 Å². The van der Waals surface area contributed by atoms with E-state index in [1.807, 2.05) is 20.8 Å². The summed E-state index contributed by atoms with van der Waals surface area (Å²) in [5, 5.41) is 4.78. The van der Waals surface area contributed by atoms with Gasteiger partial charge in [0.05, 0.1) is 47.2 Å². The Morgan fingerprint density at radius 2 is 1.71 bits per heavy atom. The van der Waals surface area contributed by atoms with Crippen molar-refractivity contribution >= 4 is 50.9 Å². The summed E-state index contributed by atoms with van der Waals surface area (Å²) in [6, 6.07) is 6.28. The fourth-order valence-corrected chi connectivity index (χ4v) is 6.19. The maximum absolute atomic E-state index is 13.3. The van der Waals surface area contributed by atoms with Crippen molar-refractivity contribution in [2.24, 2.45) is 0 Å². The van der Waals surface area contributed by atoms with Gasteiger partial charge in [0.25, 0.3) is 10.1 Å². The number of ether oxygens (including phenoxy) is 3. The molecule has 0 aliphatic rings. The number of benzene rings is 1. The Morgan fingerprint density at radius 3 is 2.31 bits per heavy atom. The van der Waals surface area contributed by atoms with Crippen LogP contribution < -0.4 is 9.64 Å². The summed E-state index contributed by atoms with van der Waals surface area (Å²) < 4.78 is 49.2. The summed E-state index contributed by atoms with van der Waals surface area (Å²) in [6.07, 6.45) is -1.58. The molecule has 0 radical (unpaired) electrons. The van der Waals surface area contributed by atoms with Gasteiger partial charge in [0.15, 0.2) is 5.65 Å². The third kappa shape index (κ3) is 8.71. The van der Waals surface area contributed by atoms with E-state index in [1.54, 1.807) is 53.1 Å². The minimum absolute atomic E-state index is 0.00232. The molecular formula is C33H39ClN6O8S. The van der Waals surface area contributed by atoms with Crippen molar-refractivity contribution in [3.8, 4) is 5.75 Å². The second-order valence-electron chi connectivity index (χ2n) is 12.4. The number of hydrogen-bond donors (Lipinski definition) is 0. The Kier molecular flexibility index (Phi) is 11.0. The molecule has 0 saturated carbocycles. The minimum atomic E-state index is -4.12. The number of carbonyl (C=O) groups excluding carboxylic acids is 2. The Balaban J connectivity index is 1.86. The number of methoxy groups -OCH3 is 1. The zero-order valence-corrected chi connectivity index (χ0v) is 30.4. The van der Waals surface area contributed by atoms with Crippen LogP contribution in [0.5, 0.6) is 5.75 Å². The molecule has 14 nitrogen and oxygen atoms in total. The Hall–Kier alpha value is -4.60. The quantitative estimate of drug-likeness (QED) is 0.0982. The maximum Gasteiger partial charge on any atom is 0.431 e. The van der Waals surface area contributed by atoms with E-state index in [-0.39, 0.29) is 39.8 Å². The number of anilines is 1. The van der Waals surface area contributed by atoms with Gasteiger partial charge < -0.3 is 14.2 Å². The van der Waals surface area contributed by atoms with Crippen LogP contribution in [0.25, 0.3) is 11.0 Å². The van der Waals surface area contributed by atoms with Crippen molar-refractivity contribution in [3.63, 3.8) is 0 Å². The average Bonchev–Trinajstić information content (AvgIpc) is 3.30. The number of aryl methyl sites for hydroxylation is 2. The molecule has 16 heteroatoms. The third-order valence-electron chi connectivity index (χ3n) is 6.96. The highest BCUT2D eigenvalue weighted by Gasteiger charge is 2.34. The van der Waals surface area contributed by atoms with Crippen molar-refractivity contribution in [3.05, 3.63) is 76.0 Å². The number of imide groups is 1. The number of nitrogens with zero attached hydrogens (tertiary/aromatic N) is 6. The van der Waals surface area contributed by atoms with Crippen molar-refractivity contribution < 1.29 is 36.4 Å². The Labute approximate surface area is 290 Å². The summed E-state index contributed by atoms with van der Waals surface area (Å²) in [7, 11) is -2.56. The van der Waals surface area contributed by atoms with E-state index in [9.17, 15) is 18.0 Å². The number of aromatic nitrogens is 5. The van der Waals surface area contributed by atoms with Crippen LogP contribution in [0.15, 0.2) is 47.7 Å². The van der Waals surface area contributed by atoms with Crippen molar-refractivity contribution in [1.29, 1.82) is 0 Å². The summed E-state index contributed by atoms with van der Waals surface area (Å²) >= 11 is 6.76. The topological polar surface area (TPSA) is 165 Å². The van der Waals surface area contributed by atoms with E-state index in [1.165, 1.54) is 23.7 Å². The number of allylic oxidation sites excluding steroid dienone is 1. The van der Waals surface area contributed by atoms with Gasteiger partial charge in [-0.2, -0.15) is 23.5 Å².